The van der Waals surface area contributed by atoms with E-state index >= 15 is 0 Å². The summed E-state index contributed by atoms with van der Waals surface area (Å²) in [6.45, 7) is 0.653. The smallest absolute Gasteiger partial charge is 0.464 e. The number of amides is 2. The summed E-state index contributed by atoms with van der Waals surface area (Å²) < 4.78 is 60.1. The molecule has 0 aliphatic rings. The Labute approximate surface area is 257 Å². The van der Waals surface area contributed by atoms with Crippen LogP contribution < -0.4 is 10.6 Å². The van der Waals surface area contributed by atoms with Gasteiger partial charge in [-0.3, -0.25) is 4.79 Å². The van der Waals surface area contributed by atoms with E-state index < -0.39 is 61.3 Å². The van der Waals surface area contributed by atoms with Crippen LogP contribution in [0.1, 0.15) is 30.0 Å². The first-order valence-electron chi connectivity index (χ1n) is 13.9. The predicted octanol–water partition coefficient (Wildman–Crippen LogP) is 4.61. The first kappa shape index (κ1) is 34.6. The fourth-order valence-electron chi connectivity index (χ4n) is 3.84. The number of benzene rings is 3. The van der Waals surface area contributed by atoms with Gasteiger partial charge in [-0.1, -0.05) is 91.0 Å². The second-order valence-corrected chi connectivity index (χ2v) is 9.76. The molecule has 2 amide bonds. The van der Waals surface area contributed by atoms with E-state index in [0.717, 1.165) is 5.56 Å². The van der Waals surface area contributed by atoms with Crippen LogP contribution >= 0.6 is 0 Å². The lowest BCUT2D eigenvalue weighted by molar-refractivity contribution is -0.176. The Balaban J connectivity index is 1.64. The maximum atomic E-state index is 13.1. The van der Waals surface area contributed by atoms with Crippen LogP contribution in [-0.2, 0) is 53.2 Å². The molecule has 0 aromatic heterocycles. The molecule has 3 atom stereocenters. The second kappa shape index (κ2) is 17.4. The van der Waals surface area contributed by atoms with Crippen molar-refractivity contribution in [3.63, 3.8) is 0 Å². The maximum absolute atomic E-state index is 13.1. The molecule has 0 saturated heterocycles. The van der Waals surface area contributed by atoms with Crippen molar-refractivity contribution in [3.05, 3.63) is 108 Å². The van der Waals surface area contributed by atoms with Crippen LogP contribution in [0, 0.1) is 0 Å². The average Bonchev–Trinajstić information content (AvgIpc) is 3.04. The summed E-state index contributed by atoms with van der Waals surface area (Å²) in [6.07, 6.45) is -7.71. The second-order valence-electron chi connectivity index (χ2n) is 9.76. The Kier molecular flexibility index (Phi) is 13.4. The van der Waals surface area contributed by atoms with Crippen molar-refractivity contribution in [3.8, 4) is 0 Å². The van der Waals surface area contributed by atoms with E-state index in [1.807, 2.05) is 6.07 Å². The zero-order valence-corrected chi connectivity index (χ0v) is 24.3. The highest BCUT2D eigenvalue weighted by molar-refractivity contribution is 5.87. The highest BCUT2D eigenvalue weighted by Crippen LogP contribution is 2.16. The molecule has 0 aliphatic carbocycles. The van der Waals surface area contributed by atoms with Crippen LogP contribution in [0.15, 0.2) is 91.0 Å². The van der Waals surface area contributed by atoms with Gasteiger partial charge in [0, 0.05) is 6.42 Å². The van der Waals surface area contributed by atoms with Crippen molar-refractivity contribution in [1.82, 2.24) is 10.6 Å². The minimum absolute atomic E-state index is 0.0840. The maximum Gasteiger partial charge on any atom is 0.471 e. The van der Waals surface area contributed by atoms with Gasteiger partial charge in [-0.25, -0.2) is 14.4 Å². The summed E-state index contributed by atoms with van der Waals surface area (Å²) in [5.41, 5.74) is 2.06. The number of alkyl halides is 3. The lowest BCUT2D eigenvalue weighted by Gasteiger charge is -2.24. The number of esters is 2. The van der Waals surface area contributed by atoms with Crippen molar-refractivity contribution in [2.75, 3.05) is 6.61 Å². The van der Waals surface area contributed by atoms with Gasteiger partial charge in [0.25, 0.3) is 0 Å². The molecule has 2 N–H and O–H groups in total. The summed E-state index contributed by atoms with van der Waals surface area (Å²) in [4.78, 5) is 49.9. The number of hydrogen-bond donors (Lipinski definition) is 2. The van der Waals surface area contributed by atoms with Gasteiger partial charge in [0.15, 0.2) is 6.04 Å². The molecule has 0 spiro atoms. The van der Waals surface area contributed by atoms with Gasteiger partial charge in [0.2, 0.25) is 0 Å². The zero-order valence-electron chi connectivity index (χ0n) is 24.3. The summed E-state index contributed by atoms with van der Waals surface area (Å²) in [6, 6.07) is 23.0. The first-order valence-corrected chi connectivity index (χ1v) is 13.9. The Morgan fingerprint density at radius 3 is 1.67 bits per heavy atom. The van der Waals surface area contributed by atoms with Crippen molar-refractivity contribution in [1.29, 1.82) is 0 Å². The minimum atomic E-state index is -5.27. The summed E-state index contributed by atoms with van der Waals surface area (Å²) in [5.74, 6) is -4.53. The molecule has 0 radical (unpaired) electrons. The van der Waals surface area contributed by atoms with E-state index in [1.54, 1.807) is 90.2 Å². The Morgan fingerprint density at radius 1 is 0.667 bits per heavy atom. The topological polar surface area (TPSA) is 129 Å². The highest BCUT2D eigenvalue weighted by Gasteiger charge is 2.41. The molecule has 3 aromatic rings. The van der Waals surface area contributed by atoms with E-state index in [1.165, 1.54) is 6.92 Å². The number of ether oxygens (including phenoxy) is 4. The van der Waals surface area contributed by atoms with Crippen LogP contribution in [0.4, 0.5) is 18.0 Å². The van der Waals surface area contributed by atoms with Crippen LogP contribution in [0.25, 0.3) is 0 Å². The fraction of sp³-hybridized carbons (Fsp3) is 0.312. The van der Waals surface area contributed by atoms with E-state index in [2.05, 4.69) is 5.32 Å². The van der Waals surface area contributed by atoms with Crippen LogP contribution in [0.3, 0.4) is 0 Å². The fourth-order valence-corrected chi connectivity index (χ4v) is 3.84. The average molecular weight is 631 g/mol. The van der Waals surface area contributed by atoms with E-state index in [9.17, 15) is 32.3 Å². The third kappa shape index (κ3) is 12.3. The Bertz CT molecular complexity index is 1380. The van der Waals surface area contributed by atoms with Gasteiger partial charge < -0.3 is 29.6 Å². The van der Waals surface area contributed by atoms with E-state index in [-0.39, 0.29) is 19.8 Å². The normalized spacial score (nSPS) is 13.1. The van der Waals surface area contributed by atoms with Crippen molar-refractivity contribution < 1.29 is 51.3 Å². The lowest BCUT2D eigenvalue weighted by Crippen LogP contribution is -2.50. The van der Waals surface area contributed by atoms with Crippen LogP contribution in [0.2, 0.25) is 0 Å². The third-order valence-corrected chi connectivity index (χ3v) is 6.29. The molecule has 0 heterocycles. The molecule has 3 rings (SSSR count). The quantitative estimate of drug-likeness (QED) is 0.184. The van der Waals surface area contributed by atoms with E-state index in [4.69, 9.17) is 18.9 Å². The van der Waals surface area contributed by atoms with Gasteiger partial charge in [-0.05, 0) is 23.6 Å². The number of hydrogen-bond acceptors (Lipinski definition) is 8. The molecule has 10 nitrogen and oxygen atoms in total. The molecule has 240 valence electrons. The van der Waals surface area contributed by atoms with Gasteiger partial charge in [-0.2, -0.15) is 13.2 Å². The van der Waals surface area contributed by atoms with Crippen LogP contribution in [0.5, 0.6) is 0 Å². The largest absolute Gasteiger partial charge is 0.471 e. The number of rotatable bonds is 15. The van der Waals surface area contributed by atoms with E-state index in [0.29, 0.717) is 11.1 Å². The molecular formula is C32H33F3N2O8. The van der Waals surface area contributed by atoms with Crippen molar-refractivity contribution >= 4 is 23.9 Å². The zero-order chi connectivity index (χ0) is 32.7. The first-order chi connectivity index (χ1) is 21.5. The SMILES string of the molecule is C[C@@H](OCc1ccccc1)[C@H](NC(=O)OCc1ccccc1)C(=O)OCC[C@H](NC(=O)C(F)(F)F)C(=O)OCc1ccccc1. The molecule has 0 unspecified atom stereocenters. The van der Waals surface area contributed by atoms with Gasteiger partial charge in [0.1, 0.15) is 19.3 Å². The monoisotopic (exact) mass is 630 g/mol. The number of alkyl carbamates (subject to hydrolysis) is 1. The molecule has 45 heavy (non-hydrogen) atoms. The molecule has 0 fully saturated rings. The van der Waals surface area contributed by atoms with Gasteiger partial charge in [-0.15, -0.1) is 0 Å². The Morgan fingerprint density at radius 2 is 1.16 bits per heavy atom. The van der Waals surface area contributed by atoms with Crippen LogP contribution in [-0.4, -0.2) is 54.9 Å². The number of halogens is 3. The summed E-state index contributed by atoms with van der Waals surface area (Å²) >= 11 is 0. The highest BCUT2D eigenvalue weighted by atomic mass is 19.4. The number of nitrogens with one attached hydrogen (secondary N) is 2. The molecule has 3 aromatic carbocycles. The standard InChI is InChI=1S/C32H33F3N2O8/c1-22(43-19-23-11-5-2-6-12-23)27(37-31(41)45-21-25-15-9-4-10-16-25)29(39)42-18-17-26(36-30(40)32(33,34)35)28(38)44-20-24-13-7-3-8-14-24/h2-16,22,26-27H,17-21H2,1H3,(H,36,40)(H,37,41)/t22-,26+,27+/m1/s1. The van der Waals surface area contributed by atoms with Crippen molar-refractivity contribution in [2.24, 2.45) is 0 Å². The molecular weight excluding hydrogens is 597 g/mol. The Hall–Kier alpha value is -4.91. The summed E-state index contributed by atoms with van der Waals surface area (Å²) in [5, 5.41) is 3.98. The molecule has 13 heteroatoms. The molecule has 0 saturated carbocycles. The number of carbonyl (C=O) groups is 4. The third-order valence-electron chi connectivity index (χ3n) is 6.29. The van der Waals surface area contributed by atoms with Gasteiger partial charge >= 0.3 is 30.1 Å². The molecule has 0 bridgehead atoms. The minimum Gasteiger partial charge on any atom is -0.464 e. The number of carbonyl (C=O) groups excluding carboxylic acids is 4. The van der Waals surface area contributed by atoms with Crippen molar-refractivity contribution in [2.45, 2.75) is 57.5 Å². The van der Waals surface area contributed by atoms with Gasteiger partial charge in [0.05, 0.1) is 19.3 Å². The predicted molar refractivity (Wildman–Crippen MR) is 154 cm³/mol. The summed E-state index contributed by atoms with van der Waals surface area (Å²) in [7, 11) is 0. The molecule has 0 aliphatic heterocycles. The lowest BCUT2D eigenvalue weighted by atomic mass is 10.1.